The van der Waals surface area contributed by atoms with Gasteiger partial charge in [0.1, 0.15) is 23.9 Å². The van der Waals surface area contributed by atoms with Crippen LogP contribution in [0, 0.1) is 34.5 Å². The molecule has 14 atom stereocenters. The van der Waals surface area contributed by atoms with Crippen LogP contribution in [0.3, 0.4) is 0 Å². The van der Waals surface area contributed by atoms with Gasteiger partial charge in [-0.25, -0.2) is 4.79 Å². The average molecular weight is 616 g/mol. The predicted octanol–water partition coefficient (Wildman–Crippen LogP) is 1.29. The number of carbonyl (C=O) groups is 2. The second-order valence-electron chi connectivity index (χ2n) is 14.2. The van der Waals surface area contributed by atoms with Crippen LogP contribution < -0.4 is 0 Å². The van der Waals surface area contributed by atoms with Gasteiger partial charge in [-0.15, -0.1) is 0 Å². The van der Waals surface area contributed by atoms with Crippen molar-refractivity contribution in [2.24, 2.45) is 34.5 Å². The first-order valence-electron chi connectivity index (χ1n) is 15.7. The van der Waals surface area contributed by atoms with Crippen molar-refractivity contribution in [1.29, 1.82) is 0 Å². The molecule has 1 saturated heterocycles. The summed E-state index contributed by atoms with van der Waals surface area (Å²) in [6.07, 6.45) is -2.66. The summed E-state index contributed by atoms with van der Waals surface area (Å²) in [5, 5.41) is 25.1. The summed E-state index contributed by atoms with van der Waals surface area (Å²) in [6, 6.07) is 8.39. The van der Waals surface area contributed by atoms with E-state index in [-0.39, 0.29) is 35.8 Å². The average Bonchev–Trinajstić information content (AvgIpc) is 3.39. The molecule has 7 bridgehead atoms. The molecule has 6 aliphatic rings. The van der Waals surface area contributed by atoms with Crippen LogP contribution in [0.25, 0.3) is 0 Å². The molecule has 1 aliphatic heterocycles. The van der Waals surface area contributed by atoms with E-state index in [2.05, 4.69) is 11.9 Å². The molecule has 5 aliphatic carbocycles. The summed E-state index contributed by atoms with van der Waals surface area (Å²) in [5.74, 6) is -2.96. The van der Waals surface area contributed by atoms with E-state index >= 15 is 0 Å². The number of rotatable bonds is 8. The van der Waals surface area contributed by atoms with E-state index < -0.39 is 64.8 Å². The molecule has 0 amide bonds. The Labute approximate surface area is 258 Å². The molecule has 10 unspecified atom stereocenters. The number of fused-ring (bicyclic) bond motifs is 2. The summed E-state index contributed by atoms with van der Waals surface area (Å²) in [4.78, 5) is 29.2. The van der Waals surface area contributed by atoms with Gasteiger partial charge < -0.3 is 43.5 Å². The molecule has 5 saturated carbocycles. The molecule has 0 aromatic heterocycles. The number of ether oxygens (including phenoxy) is 6. The van der Waals surface area contributed by atoms with Crippen molar-refractivity contribution < 1.29 is 48.2 Å². The molecule has 2 N–H and O–H groups in total. The van der Waals surface area contributed by atoms with Gasteiger partial charge in [-0.3, -0.25) is 4.79 Å². The van der Waals surface area contributed by atoms with E-state index in [4.69, 9.17) is 28.4 Å². The summed E-state index contributed by atoms with van der Waals surface area (Å²) >= 11 is 0. The Hall–Kier alpha value is -2.12. The van der Waals surface area contributed by atoms with E-state index in [1.165, 1.54) is 14.0 Å². The lowest BCUT2D eigenvalue weighted by molar-refractivity contribution is -0.316. The van der Waals surface area contributed by atoms with Crippen molar-refractivity contribution >= 4 is 11.9 Å². The number of likely N-dealkylation sites (tertiary alicyclic amines) is 1. The van der Waals surface area contributed by atoms with Crippen LogP contribution in [0.15, 0.2) is 30.3 Å². The third-order valence-electron chi connectivity index (χ3n) is 12.8. The van der Waals surface area contributed by atoms with Gasteiger partial charge in [0.05, 0.1) is 24.4 Å². The number of hydrogen-bond donors (Lipinski definition) is 2. The zero-order valence-electron chi connectivity index (χ0n) is 26.3. The zero-order chi connectivity index (χ0) is 31.4. The Morgan fingerprint density at radius 2 is 1.75 bits per heavy atom. The minimum Gasteiger partial charge on any atom is -0.455 e. The third-order valence-corrected chi connectivity index (χ3v) is 12.8. The van der Waals surface area contributed by atoms with Crippen molar-refractivity contribution in [3.63, 3.8) is 0 Å². The molecule has 1 aromatic carbocycles. The maximum atomic E-state index is 13.7. The minimum atomic E-state index is -1.76. The highest BCUT2D eigenvalue weighted by molar-refractivity contribution is 5.89. The first kappa shape index (κ1) is 30.5. The molecule has 7 rings (SSSR count). The number of piperidine rings is 1. The van der Waals surface area contributed by atoms with Crippen LogP contribution in [-0.2, 0) is 33.2 Å². The Bertz CT molecular complexity index is 1310. The fourth-order valence-corrected chi connectivity index (χ4v) is 12.3. The lowest BCUT2D eigenvalue weighted by Gasteiger charge is -2.69. The first-order valence-corrected chi connectivity index (χ1v) is 15.7. The minimum absolute atomic E-state index is 0.103. The highest BCUT2D eigenvalue weighted by atomic mass is 16.6. The highest BCUT2D eigenvalue weighted by Crippen LogP contribution is 2.80. The van der Waals surface area contributed by atoms with Crippen molar-refractivity contribution in [2.45, 2.75) is 73.9 Å². The Morgan fingerprint density at radius 3 is 2.36 bits per heavy atom. The quantitative estimate of drug-likeness (QED) is 0.410. The molecule has 1 aromatic rings. The topological polar surface area (TPSA) is 133 Å². The van der Waals surface area contributed by atoms with Crippen LogP contribution in [0.5, 0.6) is 0 Å². The second kappa shape index (κ2) is 10.2. The van der Waals surface area contributed by atoms with E-state index in [1.807, 2.05) is 6.07 Å². The lowest BCUT2D eigenvalue weighted by Crippen LogP contribution is -2.80. The number of esters is 2. The summed E-state index contributed by atoms with van der Waals surface area (Å²) in [6.45, 7) is 2.56. The van der Waals surface area contributed by atoms with E-state index in [1.54, 1.807) is 45.6 Å². The molecule has 6 fully saturated rings. The van der Waals surface area contributed by atoms with E-state index in [0.29, 0.717) is 12.2 Å². The van der Waals surface area contributed by atoms with Crippen LogP contribution in [0.1, 0.15) is 36.5 Å². The van der Waals surface area contributed by atoms with Crippen molar-refractivity contribution in [2.75, 3.05) is 48.6 Å². The number of benzene rings is 1. The van der Waals surface area contributed by atoms with Gasteiger partial charge in [0.25, 0.3) is 0 Å². The van der Waals surface area contributed by atoms with Crippen molar-refractivity contribution in [3.8, 4) is 0 Å². The summed E-state index contributed by atoms with van der Waals surface area (Å²) in [7, 11) is 8.63. The maximum absolute atomic E-state index is 13.7. The lowest BCUT2D eigenvalue weighted by atomic mass is 9.43. The van der Waals surface area contributed by atoms with Gasteiger partial charge in [-0.1, -0.05) is 18.2 Å². The number of aliphatic hydroxyl groups is 2. The summed E-state index contributed by atoms with van der Waals surface area (Å²) < 4.78 is 37.5. The molecule has 11 heteroatoms. The van der Waals surface area contributed by atoms with Gasteiger partial charge in [0, 0.05) is 76.5 Å². The molecule has 1 spiro atoms. The van der Waals surface area contributed by atoms with Crippen LogP contribution in [0.4, 0.5) is 0 Å². The predicted molar refractivity (Wildman–Crippen MR) is 154 cm³/mol. The largest absolute Gasteiger partial charge is 0.455 e. The maximum Gasteiger partial charge on any atom is 0.338 e. The monoisotopic (exact) mass is 615 g/mol. The Balaban J connectivity index is 1.51. The van der Waals surface area contributed by atoms with Crippen LogP contribution >= 0.6 is 0 Å². The molecule has 1 heterocycles. The molecule has 44 heavy (non-hydrogen) atoms. The molecule has 242 valence electrons. The van der Waals surface area contributed by atoms with Gasteiger partial charge in [0.2, 0.25) is 0 Å². The fraction of sp³-hybridized carbons (Fsp3) is 0.758. The number of carbonyl (C=O) groups excluding carboxylic acids is 2. The van der Waals surface area contributed by atoms with Crippen LogP contribution in [-0.4, -0.2) is 123 Å². The van der Waals surface area contributed by atoms with Crippen molar-refractivity contribution in [1.82, 2.24) is 4.90 Å². The SMILES string of the molecule is COC[C@@]12CCC(OC)[C@@]34C5C[C@]6(O)C(OC)C(O)[C@@](OC(C)=O)(C5C6OC(=O)c5ccccc5)C(C(OC)C13)C4N(C)C2. The normalized spacial score (nSPS) is 49.9. The second-order valence-corrected chi connectivity index (χ2v) is 14.2. The molecule has 0 radical (unpaired) electrons. The van der Waals surface area contributed by atoms with Crippen LogP contribution in [0.2, 0.25) is 0 Å². The number of nitrogens with zero attached hydrogens (tertiary/aromatic N) is 1. The molecular weight excluding hydrogens is 570 g/mol. The van der Waals surface area contributed by atoms with Gasteiger partial charge >= 0.3 is 11.9 Å². The number of aliphatic hydroxyl groups excluding tert-OH is 1. The Morgan fingerprint density at radius 1 is 1.02 bits per heavy atom. The molecule has 11 nitrogen and oxygen atoms in total. The standard InChI is InChI=1S/C33H45NO10/c1-17(35)44-33-21-19(14-31(38,28(42-6)26(33)36)27(21)43-29(37)18-10-8-7-9-11-18)32-20(40-4)12-13-30(16-39-3)15-34(2)25(32)22(33)23(41-5)24(30)32/h7-11,19-28,36,38H,12-16H2,1-6H3/t19?,20?,21?,22?,23?,24?,25?,26?,27?,28?,30-,31+,32-,33+/m0/s1. The van der Waals surface area contributed by atoms with Gasteiger partial charge in [-0.2, -0.15) is 0 Å². The smallest absolute Gasteiger partial charge is 0.338 e. The highest BCUT2D eigenvalue weighted by Gasteiger charge is 2.91. The number of hydrogen-bond acceptors (Lipinski definition) is 11. The zero-order valence-corrected chi connectivity index (χ0v) is 26.3. The van der Waals surface area contributed by atoms with Gasteiger partial charge in [-0.05, 0) is 44.4 Å². The fourth-order valence-electron chi connectivity index (χ4n) is 12.3. The summed E-state index contributed by atoms with van der Waals surface area (Å²) in [5.41, 5.74) is -3.93. The third kappa shape index (κ3) is 3.41. The number of methoxy groups -OCH3 is 4. The van der Waals surface area contributed by atoms with Gasteiger partial charge in [0.15, 0.2) is 5.60 Å². The van der Waals surface area contributed by atoms with E-state index in [9.17, 15) is 19.8 Å². The van der Waals surface area contributed by atoms with E-state index in [0.717, 1.165) is 19.4 Å². The Kier molecular flexibility index (Phi) is 7.07. The molecular formula is C33H45NO10. The van der Waals surface area contributed by atoms with Crippen molar-refractivity contribution in [3.05, 3.63) is 35.9 Å². The first-order chi connectivity index (χ1) is 21.0.